The van der Waals surface area contributed by atoms with E-state index in [1.807, 2.05) is 0 Å². The number of carbonyl (C=O) groups is 1. The van der Waals surface area contributed by atoms with Gasteiger partial charge in [-0.2, -0.15) is 0 Å². The van der Waals surface area contributed by atoms with Gasteiger partial charge in [-0.25, -0.2) is 0 Å². The topological polar surface area (TPSA) is 92.5 Å². The Labute approximate surface area is 110 Å². The predicted molar refractivity (Wildman–Crippen MR) is 69.0 cm³/mol. The Morgan fingerprint density at radius 3 is 2.42 bits per heavy atom. The molecule has 1 aromatic carbocycles. The van der Waals surface area contributed by atoms with E-state index in [9.17, 15) is 14.9 Å². The number of benzene rings is 1. The molecule has 0 spiro atoms. The van der Waals surface area contributed by atoms with Crippen molar-refractivity contribution in [2.75, 3.05) is 6.54 Å². The van der Waals surface area contributed by atoms with Crippen LogP contribution in [0.3, 0.4) is 0 Å². The van der Waals surface area contributed by atoms with Gasteiger partial charge in [0.25, 0.3) is 5.69 Å². The van der Waals surface area contributed by atoms with Crippen molar-refractivity contribution in [3.05, 3.63) is 39.9 Å². The van der Waals surface area contributed by atoms with Gasteiger partial charge in [-0.1, -0.05) is 12.1 Å². The molecular weight excluding hydrogens is 248 g/mol. The van der Waals surface area contributed by atoms with Crippen molar-refractivity contribution in [1.29, 1.82) is 0 Å². The van der Waals surface area contributed by atoms with E-state index < -0.39 is 16.4 Å². The van der Waals surface area contributed by atoms with E-state index >= 15 is 0 Å². The van der Waals surface area contributed by atoms with Crippen LogP contribution in [0.4, 0.5) is 5.69 Å². The van der Waals surface area contributed by atoms with Crippen LogP contribution in [0.15, 0.2) is 24.3 Å². The average molecular weight is 264 g/mol. The molecule has 0 amide bonds. The van der Waals surface area contributed by atoms with E-state index in [1.165, 1.54) is 12.1 Å². The average Bonchev–Trinajstić information content (AvgIpc) is 2.32. The molecule has 2 N–H and O–H groups in total. The number of nitro groups is 1. The van der Waals surface area contributed by atoms with Crippen LogP contribution in [0.2, 0.25) is 0 Å². The van der Waals surface area contributed by atoms with Crippen molar-refractivity contribution in [3.63, 3.8) is 0 Å². The minimum atomic E-state index is -0.789. The number of carboxylic acids is 1. The van der Waals surface area contributed by atoms with Gasteiger partial charge in [-0.05, 0) is 31.2 Å². The second kappa shape index (κ2) is 5.36. The highest BCUT2D eigenvalue weighted by Crippen LogP contribution is 2.31. The summed E-state index contributed by atoms with van der Waals surface area (Å²) < 4.78 is 0. The minimum Gasteiger partial charge on any atom is -0.480 e. The summed E-state index contributed by atoms with van der Waals surface area (Å²) in [4.78, 5) is 21.2. The van der Waals surface area contributed by atoms with Gasteiger partial charge in [0.2, 0.25) is 0 Å². The second-order valence-electron chi connectivity index (χ2n) is 4.84. The third-order valence-corrected chi connectivity index (χ3v) is 3.64. The molecule has 0 saturated heterocycles. The highest BCUT2D eigenvalue weighted by molar-refractivity contribution is 5.79. The number of hydrogen-bond donors (Lipinski definition) is 2. The van der Waals surface area contributed by atoms with Gasteiger partial charge < -0.3 is 10.4 Å². The Bertz CT molecular complexity index is 480. The highest BCUT2D eigenvalue weighted by atomic mass is 16.6. The SMILES string of the molecule is O=C(O)C1(NCCc2ccc([N+](=O)[O-])cc2)CCC1. The summed E-state index contributed by atoms with van der Waals surface area (Å²) >= 11 is 0. The van der Waals surface area contributed by atoms with Gasteiger partial charge in [0.1, 0.15) is 5.54 Å². The number of hydrogen-bond acceptors (Lipinski definition) is 4. The summed E-state index contributed by atoms with van der Waals surface area (Å²) in [5.41, 5.74) is 0.275. The van der Waals surface area contributed by atoms with Crippen LogP contribution in [0.5, 0.6) is 0 Å². The fourth-order valence-corrected chi connectivity index (χ4v) is 2.23. The number of nitrogens with zero attached hydrogens (tertiary/aromatic N) is 1. The van der Waals surface area contributed by atoms with Gasteiger partial charge in [-0.15, -0.1) is 0 Å². The molecule has 1 aliphatic carbocycles. The summed E-state index contributed by atoms with van der Waals surface area (Å²) in [5, 5.41) is 22.7. The van der Waals surface area contributed by atoms with Crippen molar-refractivity contribution in [2.45, 2.75) is 31.2 Å². The molecular formula is C13H16N2O4. The standard InChI is InChI=1S/C13H16N2O4/c16-12(17)13(7-1-8-13)14-9-6-10-2-4-11(5-3-10)15(18)19/h2-5,14H,1,6-9H2,(H,16,17). The van der Waals surface area contributed by atoms with Crippen LogP contribution in [-0.4, -0.2) is 28.1 Å². The lowest BCUT2D eigenvalue weighted by Crippen LogP contribution is -2.57. The van der Waals surface area contributed by atoms with Crippen molar-refractivity contribution in [2.24, 2.45) is 0 Å². The molecule has 1 fully saturated rings. The molecule has 2 rings (SSSR count). The number of rotatable bonds is 6. The summed E-state index contributed by atoms with van der Waals surface area (Å²) in [6.45, 7) is 0.560. The molecule has 0 unspecified atom stereocenters. The predicted octanol–water partition coefficient (Wildman–Crippen LogP) is 1.73. The number of nitro benzene ring substituents is 1. The van der Waals surface area contributed by atoms with Gasteiger partial charge in [-0.3, -0.25) is 14.9 Å². The molecule has 1 saturated carbocycles. The lowest BCUT2D eigenvalue weighted by atomic mass is 9.76. The van der Waals surface area contributed by atoms with Crippen LogP contribution in [-0.2, 0) is 11.2 Å². The van der Waals surface area contributed by atoms with Crippen molar-refractivity contribution in [1.82, 2.24) is 5.32 Å². The van der Waals surface area contributed by atoms with Crippen molar-refractivity contribution in [3.8, 4) is 0 Å². The molecule has 1 aromatic rings. The van der Waals surface area contributed by atoms with Crippen LogP contribution < -0.4 is 5.32 Å². The number of nitrogens with one attached hydrogen (secondary N) is 1. The Morgan fingerprint density at radius 1 is 1.37 bits per heavy atom. The second-order valence-corrected chi connectivity index (χ2v) is 4.84. The monoisotopic (exact) mass is 264 g/mol. The number of non-ortho nitro benzene ring substituents is 1. The lowest BCUT2D eigenvalue weighted by molar-refractivity contribution is -0.384. The van der Waals surface area contributed by atoms with Crippen LogP contribution in [0.25, 0.3) is 0 Å². The first kappa shape index (κ1) is 13.5. The molecule has 0 radical (unpaired) electrons. The van der Waals surface area contributed by atoms with Crippen LogP contribution >= 0.6 is 0 Å². The van der Waals surface area contributed by atoms with Crippen molar-refractivity contribution < 1.29 is 14.8 Å². The largest absolute Gasteiger partial charge is 0.480 e. The van der Waals surface area contributed by atoms with E-state index in [1.54, 1.807) is 12.1 Å². The third kappa shape index (κ3) is 2.90. The molecule has 6 nitrogen and oxygen atoms in total. The highest BCUT2D eigenvalue weighted by Gasteiger charge is 2.43. The maximum Gasteiger partial charge on any atom is 0.323 e. The molecule has 0 heterocycles. The Balaban J connectivity index is 1.85. The zero-order chi connectivity index (χ0) is 13.9. The fourth-order valence-electron chi connectivity index (χ4n) is 2.23. The Morgan fingerprint density at radius 2 is 2.00 bits per heavy atom. The molecule has 6 heteroatoms. The zero-order valence-electron chi connectivity index (χ0n) is 10.5. The number of carboxylic acid groups (broad SMARTS) is 1. The molecule has 0 aliphatic heterocycles. The Hall–Kier alpha value is -1.95. The smallest absolute Gasteiger partial charge is 0.323 e. The van der Waals surface area contributed by atoms with Gasteiger partial charge >= 0.3 is 5.97 Å². The first-order valence-corrected chi connectivity index (χ1v) is 6.25. The van der Waals surface area contributed by atoms with Crippen LogP contribution in [0, 0.1) is 10.1 Å². The molecule has 1 aliphatic rings. The van der Waals surface area contributed by atoms with E-state index in [-0.39, 0.29) is 5.69 Å². The molecule has 102 valence electrons. The fraction of sp³-hybridized carbons (Fsp3) is 0.462. The zero-order valence-corrected chi connectivity index (χ0v) is 10.5. The Kier molecular flexibility index (Phi) is 3.80. The summed E-state index contributed by atoms with van der Waals surface area (Å²) in [7, 11) is 0. The van der Waals surface area contributed by atoms with Gasteiger partial charge in [0, 0.05) is 18.7 Å². The first-order valence-electron chi connectivity index (χ1n) is 6.25. The molecule has 19 heavy (non-hydrogen) atoms. The first-order chi connectivity index (χ1) is 9.03. The quantitative estimate of drug-likeness (QED) is 0.603. The van der Waals surface area contributed by atoms with Crippen LogP contribution in [0.1, 0.15) is 24.8 Å². The summed E-state index contributed by atoms with van der Waals surface area (Å²) in [6.07, 6.45) is 2.94. The summed E-state index contributed by atoms with van der Waals surface area (Å²) in [5.74, 6) is -0.789. The minimum absolute atomic E-state index is 0.0673. The molecule has 0 aromatic heterocycles. The maximum absolute atomic E-state index is 11.1. The van der Waals surface area contributed by atoms with E-state index in [2.05, 4.69) is 5.32 Å². The maximum atomic E-state index is 11.1. The lowest BCUT2D eigenvalue weighted by Gasteiger charge is -2.38. The van der Waals surface area contributed by atoms with Gasteiger partial charge in [0.05, 0.1) is 4.92 Å². The molecule has 0 bridgehead atoms. The van der Waals surface area contributed by atoms with E-state index in [0.29, 0.717) is 25.8 Å². The van der Waals surface area contributed by atoms with Gasteiger partial charge in [0.15, 0.2) is 0 Å². The van der Waals surface area contributed by atoms with E-state index in [0.717, 1.165) is 12.0 Å². The molecule has 0 atom stereocenters. The normalized spacial score (nSPS) is 16.6. The third-order valence-electron chi connectivity index (χ3n) is 3.64. The summed E-state index contributed by atoms with van der Waals surface area (Å²) in [6, 6.07) is 6.33. The van der Waals surface area contributed by atoms with Crippen molar-refractivity contribution >= 4 is 11.7 Å². The van der Waals surface area contributed by atoms with E-state index in [4.69, 9.17) is 5.11 Å². The number of aliphatic carboxylic acids is 1.